The Bertz CT molecular complexity index is 195. The van der Waals surface area contributed by atoms with Gasteiger partial charge in [0.1, 0.15) is 5.54 Å². The van der Waals surface area contributed by atoms with Crippen LogP contribution in [0.25, 0.3) is 0 Å². The summed E-state index contributed by atoms with van der Waals surface area (Å²) in [6.45, 7) is 8.41. The number of morpholine rings is 1. The lowest BCUT2D eigenvalue weighted by Gasteiger charge is -2.38. The van der Waals surface area contributed by atoms with E-state index in [0.717, 1.165) is 19.7 Å². The molecular weight excluding hydrogens is 152 g/mol. The Hall–Kier alpha value is -0.590. The van der Waals surface area contributed by atoms with Crippen LogP contribution in [0.3, 0.4) is 0 Å². The quantitative estimate of drug-likeness (QED) is 0.586. The Balaban J connectivity index is 2.58. The second-order valence-electron chi connectivity index (χ2n) is 3.80. The van der Waals surface area contributed by atoms with Gasteiger partial charge in [-0.3, -0.25) is 4.90 Å². The highest BCUT2D eigenvalue weighted by atomic mass is 16.5. The molecule has 1 heterocycles. The Kier molecular flexibility index (Phi) is 2.71. The highest BCUT2D eigenvalue weighted by molar-refractivity contribution is 5.02. The standard InChI is InChI=1S/C9H16N2O/c1-8-6-11(4-5-12-8)9(2,3)7-10/h8H,4-6H2,1-3H3/t8-/m1/s1. The molecule has 0 spiro atoms. The lowest BCUT2D eigenvalue weighted by Crippen LogP contribution is -2.51. The van der Waals surface area contributed by atoms with Crippen molar-refractivity contribution < 1.29 is 4.74 Å². The summed E-state index contributed by atoms with van der Waals surface area (Å²) >= 11 is 0. The second-order valence-corrected chi connectivity index (χ2v) is 3.80. The lowest BCUT2D eigenvalue weighted by molar-refractivity contribution is -0.0415. The number of rotatable bonds is 1. The van der Waals surface area contributed by atoms with Crippen LogP contribution in [0.15, 0.2) is 0 Å². The number of hydrogen-bond acceptors (Lipinski definition) is 3. The molecule has 0 aromatic rings. The highest BCUT2D eigenvalue weighted by Gasteiger charge is 2.29. The van der Waals surface area contributed by atoms with Crippen molar-refractivity contribution in [1.82, 2.24) is 4.90 Å². The first-order chi connectivity index (χ1) is 5.56. The largest absolute Gasteiger partial charge is 0.376 e. The molecule has 0 amide bonds. The molecule has 3 nitrogen and oxygen atoms in total. The van der Waals surface area contributed by atoms with E-state index < -0.39 is 0 Å². The molecular formula is C9H16N2O. The van der Waals surface area contributed by atoms with Crippen molar-refractivity contribution in [3.8, 4) is 6.07 Å². The maximum Gasteiger partial charge on any atom is 0.103 e. The monoisotopic (exact) mass is 168 g/mol. The van der Waals surface area contributed by atoms with Crippen molar-refractivity contribution in [3.63, 3.8) is 0 Å². The molecule has 1 saturated heterocycles. The van der Waals surface area contributed by atoms with Crippen molar-refractivity contribution in [3.05, 3.63) is 0 Å². The van der Waals surface area contributed by atoms with E-state index in [1.165, 1.54) is 0 Å². The predicted molar refractivity (Wildman–Crippen MR) is 46.7 cm³/mol. The van der Waals surface area contributed by atoms with Crippen molar-refractivity contribution in [1.29, 1.82) is 5.26 Å². The lowest BCUT2D eigenvalue weighted by atomic mass is 10.0. The third kappa shape index (κ3) is 1.96. The smallest absolute Gasteiger partial charge is 0.103 e. The van der Waals surface area contributed by atoms with Crippen LogP contribution >= 0.6 is 0 Å². The first kappa shape index (κ1) is 9.50. The zero-order valence-corrected chi connectivity index (χ0v) is 8.00. The molecule has 0 aromatic heterocycles. The van der Waals surface area contributed by atoms with E-state index in [0.29, 0.717) is 0 Å². The van der Waals surface area contributed by atoms with Crippen molar-refractivity contribution >= 4 is 0 Å². The minimum absolute atomic E-state index is 0.256. The van der Waals surface area contributed by atoms with Gasteiger partial charge in [0, 0.05) is 13.1 Å². The van der Waals surface area contributed by atoms with Crippen LogP contribution in [0, 0.1) is 11.3 Å². The summed E-state index contributed by atoms with van der Waals surface area (Å²) in [6.07, 6.45) is 0.256. The van der Waals surface area contributed by atoms with Gasteiger partial charge in [-0.25, -0.2) is 0 Å². The fraction of sp³-hybridized carbons (Fsp3) is 0.889. The van der Waals surface area contributed by atoms with E-state index >= 15 is 0 Å². The summed E-state index contributed by atoms with van der Waals surface area (Å²) in [5.41, 5.74) is -0.349. The summed E-state index contributed by atoms with van der Waals surface area (Å²) in [4.78, 5) is 2.17. The normalized spacial score (nSPS) is 26.7. The van der Waals surface area contributed by atoms with Gasteiger partial charge in [-0.05, 0) is 20.8 Å². The van der Waals surface area contributed by atoms with E-state index in [1.54, 1.807) is 0 Å². The topological polar surface area (TPSA) is 36.3 Å². The summed E-state index contributed by atoms with van der Waals surface area (Å²) in [5, 5.41) is 8.90. The third-order valence-corrected chi connectivity index (χ3v) is 2.31. The first-order valence-electron chi connectivity index (χ1n) is 4.34. The SMILES string of the molecule is C[C@@H]1CN(C(C)(C)C#N)CCO1. The van der Waals surface area contributed by atoms with Gasteiger partial charge in [0.2, 0.25) is 0 Å². The fourth-order valence-corrected chi connectivity index (χ4v) is 1.40. The van der Waals surface area contributed by atoms with E-state index in [-0.39, 0.29) is 11.6 Å². The maximum absolute atomic E-state index is 8.90. The van der Waals surface area contributed by atoms with Crippen molar-refractivity contribution in [2.24, 2.45) is 0 Å². The van der Waals surface area contributed by atoms with Gasteiger partial charge >= 0.3 is 0 Å². The van der Waals surface area contributed by atoms with Crippen LogP contribution in [0.5, 0.6) is 0 Å². The molecule has 0 unspecified atom stereocenters. The third-order valence-electron chi connectivity index (χ3n) is 2.31. The molecule has 0 aromatic carbocycles. The average molecular weight is 168 g/mol. The molecule has 1 fully saturated rings. The fourth-order valence-electron chi connectivity index (χ4n) is 1.40. The van der Waals surface area contributed by atoms with E-state index in [9.17, 15) is 0 Å². The molecule has 0 radical (unpaired) electrons. The van der Waals surface area contributed by atoms with Crippen molar-refractivity contribution in [2.75, 3.05) is 19.7 Å². The molecule has 0 N–H and O–H groups in total. The summed E-state index contributed by atoms with van der Waals surface area (Å²) in [5.74, 6) is 0. The molecule has 1 rings (SSSR count). The highest BCUT2D eigenvalue weighted by Crippen LogP contribution is 2.16. The Morgan fingerprint density at radius 2 is 2.25 bits per heavy atom. The second kappa shape index (κ2) is 3.42. The van der Waals surface area contributed by atoms with Crippen LogP contribution in [0.2, 0.25) is 0 Å². The predicted octanol–water partition coefficient (Wildman–Crippen LogP) is 1.01. The average Bonchev–Trinajstić information content (AvgIpc) is 2.05. The maximum atomic E-state index is 8.90. The number of ether oxygens (including phenoxy) is 1. The molecule has 1 aliphatic heterocycles. The molecule has 0 aliphatic carbocycles. The minimum atomic E-state index is -0.349. The Morgan fingerprint density at radius 3 is 2.75 bits per heavy atom. The Morgan fingerprint density at radius 1 is 1.58 bits per heavy atom. The molecule has 1 atom stereocenters. The van der Waals surface area contributed by atoms with Crippen LogP contribution in [-0.4, -0.2) is 36.2 Å². The van der Waals surface area contributed by atoms with Gasteiger partial charge in [0.15, 0.2) is 0 Å². The summed E-state index contributed by atoms with van der Waals surface area (Å²) < 4.78 is 5.40. The first-order valence-corrected chi connectivity index (χ1v) is 4.34. The van der Waals surface area contributed by atoms with Crippen LogP contribution in [0.4, 0.5) is 0 Å². The van der Waals surface area contributed by atoms with E-state index in [2.05, 4.69) is 11.0 Å². The van der Waals surface area contributed by atoms with Gasteiger partial charge in [0.05, 0.1) is 18.8 Å². The number of nitrogens with zero attached hydrogens (tertiary/aromatic N) is 2. The van der Waals surface area contributed by atoms with Crippen LogP contribution in [0.1, 0.15) is 20.8 Å². The molecule has 0 bridgehead atoms. The zero-order valence-electron chi connectivity index (χ0n) is 8.00. The Labute approximate surface area is 73.9 Å². The molecule has 3 heteroatoms. The van der Waals surface area contributed by atoms with Gasteiger partial charge in [-0.1, -0.05) is 0 Å². The number of hydrogen-bond donors (Lipinski definition) is 0. The number of nitriles is 1. The van der Waals surface area contributed by atoms with Crippen molar-refractivity contribution in [2.45, 2.75) is 32.4 Å². The molecule has 68 valence electrons. The molecule has 1 aliphatic rings. The minimum Gasteiger partial charge on any atom is -0.376 e. The van der Waals surface area contributed by atoms with E-state index in [4.69, 9.17) is 10.00 Å². The van der Waals surface area contributed by atoms with Crippen LogP contribution < -0.4 is 0 Å². The van der Waals surface area contributed by atoms with E-state index in [1.807, 2.05) is 20.8 Å². The van der Waals surface area contributed by atoms with Gasteiger partial charge in [0.25, 0.3) is 0 Å². The molecule has 12 heavy (non-hydrogen) atoms. The van der Waals surface area contributed by atoms with Gasteiger partial charge < -0.3 is 4.74 Å². The summed E-state index contributed by atoms with van der Waals surface area (Å²) in [7, 11) is 0. The van der Waals surface area contributed by atoms with Crippen LogP contribution in [-0.2, 0) is 4.74 Å². The summed E-state index contributed by atoms with van der Waals surface area (Å²) in [6, 6.07) is 2.30. The van der Waals surface area contributed by atoms with Gasteiger partial charge in [-0.15, -0.1) is 0 Å². The zero-order chi connectivity index (χ0) is 9.19. The molecule has 0 saturated carbocycles. The van der Waals surface area contributed by atoms with Gasteiger partial charge in [-0.2, -0.15) is 5.26 Å².